The van der Waals surface area contributed by atoms with E-state index in [0.29, 0.717) is 23.0 Å². The zero-order valence-electron chi connectivity index (χ0n) is 74.3. The van der Waals surface area contributed by atoms with Gasteiger partial charge in [-0.1, -0.05) is 278 Å². The van der Waals surface area contributed by atoms with Crippen LogP contribution in [0.2, 0.25) is 0 Å². The van der Waals surface area contributed by atoms with E-state index in [-0.39, 0.29) is 21.7 Å². The monoisotopic (exact) mass is 1860 g/mol. The summed E-state index contributed by atoms with van der Waals surface area (Å²) in [5.41, 5.74) is 9.31. The van der Waals surface area contributed by atoms with Crippen molar-refractivity contribution in [2.45, 2.75) is 441 Å². The first-order valence-electron chi connectivity index (χ1n) is 46.9. The fourth-order valence-corrected chi connectivity index (χ4v) is 40.0. The lowest BCUT2D eigenvalue weighted by Crippen LogP contribution is -2.25. The van der Waals surface area contributed by atoms with Crippen molar-refractivity contribution in [2.75, 3.05) is 23.0 Å². The summed E-state index contributed by atoms with van der Waals surface area (Å²) in [5.74, 6) is 7.34. The normalized spacial score (nSPS) is 30.3. The molecule has 14 rings (SSSR count). The molecule has 20 atom stereocenters. The Morgan fingerprint density at radius 1 is 0.237 bits per heavy atom. The van der Waals surface area contributed by atoms with Gasteiger partial charge in [0.2, 0.25) is 0 Å². The maximum absolute atomic E-state index is 10.5. The highest BCUT2D eigenvalue weighted by molar-refractivity contribution is 8.80. The van der Waals surface area contributed by atoms with E-state index in [9.17, 15) is 20.4 Å². The smallest absolute Gasteiger partial charge is 0.119 e. The van der Waals surface area contributed by atoms with Crippen molar-refractivity contribution in [1.29, 1.82) is 0 Å². The number of hydrogen-bond donors (Lipinski definition) is 4. The zero-order chi connectivity index (χ0) is 83.1. The van der Waals surface area contributed by atoms with Crippen LogP contribution in [0.15, 0.2) is 72.8 Å². The van der Waals surface area contributed by atoms with E-state index in [2.05, 4.69) is 292 Å². The quantitative estimate of drug-likeness (QED) is 0.0192. The van der Waals surface area contributed by atoms with Gasteiger partial charge in [0.1, 0.15) is 23.0 Å². The van der Waals surface area contributed by atoms with Crippen LogP contribution in [0, 0.1) is 0 Å². The van der Waals surface area contributed by atoms with Crippen molar-refractivity contribution in [3.05, 3.63) is 117 Å². The molecule has 0 bridgehead atoms. The van der Waals surface area contributed by atoms with Crippen molar-refractivity contribution < 1.29 is 20.4 Å². The predicted molar refractivity (Wildman–Crippen MR) is 551 cm³/mol. The van der Waals surface area contributed by atoms with Crippen LogP contribution in [0.5, 0.6) is 23.0 Å². The number of aromatic hydroxyl groups is 4. The van der Waals surface area contributed by atoms with Gasteiger partial charge in [-0.15, -0.1) is 0 Å². The van der Waals surface area contributed by atoms with Crippen LogP contribution in [0.1, 0.15) is 333 Å². The van der Waals surface area contributed by atoms with Crippen LogP contribution in [-0.4, -0.2) is 148 Å². The number of phenolic OH excluding ortho intramolecular Hbond substituents is 4. The molecule has 0 aromatic heterocycles. The minimum atomic E-state index is -0.00586. The largest absolute Gasteiger partial charge is 0.508 e. The Bertz CT molecular complexity index is 3480. The molecule has 4 nitrogen and oxygen atoms in total. The Kier molecular flexibility index (Phi) is 37.8. The van der Waals surface area contributed by atoms with Gasteiger partial charge in [0.15, 0.2) is 0 Å². The van der Waals surface area contributed by atoms with E-state index in [1.54, 1.807) is 0 Å². The summed E-state index contributed by atoms with van der Waals surface area (Å²) in [6, 6.07) is 25.4. The molecule has 118 heavy (non-hydrogen) atoms. The Labute approximate surface area is 777 Å². The van der Waals surface area contributed by atoms with Gasteiger partial charge in [-0.2, -0.15) is 118 Å². The SMILES string of the molecule is CC(C)(C)c1ccc(CCCCCCCC2SC2CC2SC2CC2CSCC(CC3SC3CC3SC3CCCCCCCc3ccc(C(C)(C)C)c(O)c3)S2)cc1O.CC(C)(C)c1ccc(CCCCCCCC2SC2CC2SC2CC2CSSCC(CC3SC3CC3SC3CCCCCCCc3ccc(C(C)(C)C)c(O)c3)SS2)cc1O. The van der Waals surface area contributed by atoms with Gasteiger partial charge in [-0.3, -0.25) is 0 Å². The van der Waals surface area contributed by atoms with Crippen LogP contribution in [-0.2, 0) is 47.3 Å². The molecule has 10 heterocycles. The number of unbranched alkanes of at least 4 members (excludes halogenated alkanes) is 16. The second kappa shape index (κ2) is 46.2. The summed E-state index contributed by atoms with van der Waals surface area (Å²) in [6.07, 6.45) is 48.7. The summed E-state index contributed by atoms with van der Waals surface area (Å²) in [5, 5.41) is 60.6. The maximum Gasteiger partial charge on any atom is 0.119 e. The Morgan fingerprint density at radius 3 is 0.695 bits per heavy atom. The van der Waals surface area contributed by atoms with Crippen LogP contribution >= 0.6 is 161 Å². The summed E-state index contributed by atoms with van der Waals surface area (Å²) >= 11 is 23.1. The van der Waals surface area contributed by atoms with E-state index in [0.717, 1.165) is 153 Å². The molecule has 20 unspecified atom stereocenters. The number of aryl methyl sites for hydroxylation is 4. The Hall–Kier alpha value is 0.980. The van der Waals surface area contributed by atoms with Crippen LogP contribution < -0.4 is 0 Å². The molecule has 10 aliphatic heterocycles. The van der Waals surface area contributed by atoms with Crippen molar-refractivity contribution in [3.63, 3.8) is 0 Å². The molecule has 18 heteroatoms. The molecule has 0 spiro atoms. The first kappa shape index (κ1) is 96.5. The second-order valence-electron chi connectivity index (χ2n) is 41.1. The van der Waals surface area contributed by atoms with Crippen LogP contribution in [0.3, 0.4) is 0 Å². The summed E-state index contributed by atoms with van der Waals surface area (Å²) < 4.78 is 0. The van der Waals surface area contributed by atoms with Gasteiger partial charge in [0.05, 0.1) is 0 Å². The van der Waals surface area contributed by atoms with Gasteiger partial charge in [-0.25, -0.2) is 0 Å². The summed E-state index contributed by atoms with van der Waals surface area (Å²) in [6.45, 7) is 26.0. The predicted octanol–water partition coefficient (Wildman–Crippen LogP) is 31.0. The maximum atomic E-state index is 10.5. The van der Waals surface area contributed by atoms with E-state index >= 15 is 0 Å². The number of phenols is 4. The van der Waals surface area contributed by atoms with Crippen molar-refractivity contribution in [1.82, 2.24) is 0 Å². The molecule has 4 aromatic rings. The van der Waals surface area contributed by atoms with Crippen LogP contribution in [0.25, 0.3) is 0 Å². The minimum Gasteiger partial charge on any atom is -0.508 e. The van der Waals surface area contributed by atoms with Gasteiger partial charge < -0.3 is 20.4 Å². The topological polar surface area (TPSA) is 80.9 Å². The molecule has 10 saturated heterocycles. The highest BCUT2D eigenvalue weighted by Crippen LogP contribution is 2.62. The van der Waals surface area contributed by atoms with Gasteiger partial charge in [0.25, 0.3) is 0 Å². The van der Waals surface area contributed by atoms with Gasteiger partial charge in [-0.05, 0) is 219 Å². The number of thioether (sulfide) groups is 10. The fourth-order valence-electron chi connectivity index (χ4n) is 18.8. The first-order valence-corrected chi connectivity index (χ1v) is 61.3. The molecular formula is C100H152O4S14. The Morgan fingerprint density at radius 2 is 0.449 bits per heavy atom. The van der Waals surface area contributed by atoms with E-state index in [1.165, 1.54) is 251 Å². The first-order chi connectivity index (χ1) is 56.6. The molecular weight excluding hydrogens is 1710 g/mol. The molecule has 660 valence electrons. The third-order valence-corrected chi connectivity index (χ3v) is 47.6. The zero-order valence-corrected chi connectivity index (χ0v) is 85.7. The Balaban J connectivity index is 0.000000205. The molecule has 0 amide bonds. The highest BCUT2D eigenvalue weighted by Gasteiger charge is 2.52. The lowest BCUT2D eigenvalue weighted by Gasteiger charge is -2.28. The molecule has 4 N–H and O–H groups in total. The average Bonchev–Trinajstić information content (AvgIpc) is 1.63. The van der Waals surface area contributed by atoms with Gasteiger partial charge >= 0.3 is 0 Å². The standard InChI is InChI=1S/C50H76O2S8.C50H76O2S6/c1-49(2,3)37-23-21-33(25-39(37)51)17-13-9-7-11-15-19-41-45(55-41)29-47-43(57-47)27-35-31-53-54-32-36(60-59-35)28-44-48(58-44)30-46-42(56-46)20-16-12-8-10-14-18-34-22-24-38(40(52)26-34)50(4,5)6;1-49(2,3)37-23-21-33(25-39(37)51)17-13-9-7-11-15-19-41-45(55-41)29-47-43(57-47)27-35-31-53-32-36(54-35)28-44-48(58-44)30-46-42(56-46)20-16-12-8-10-14-18-34-22-24-38(40(52)26-34)50(4,5)6/h21-26,35-36,41-48,51-52H,7-20,27-32H2,1-6H3;21-26,35-36,41-48,51-52H,7-20,27-32H2,1-6H3. The minimum absolute atomic E-state index is 0.00413. The van der Waals surface area contributed by atoms with Crippen molar-refractivity contribution in [3.8, 4) is 23.0 Å². The number of benzene rings is 4. The molecule has 10 fully saturated rings. The van der Waals surface area contributed by atoms with Crippen LogP contribution in [0.4, 0.5) is 0 Å². The lowest BCUT2D eigenvalue weighted by molar-refractivity contribution is 0.445. The molecule has 4 aromatic carbocycles. The lowest BCUT2D eigenvalue weighted by atomic mass is 9.85. The van der Waals surface area contributed by atoms with Crippen molar-refractivity contribution in [2.24, 2.45) is 0 Å². The van der Waals surface area contributed by atoms with E-state index in [4.69, 9.17) is 0 Å². The average molecular weight is 1870 g/mol. The molecule has 10 aliphatic rings. The third kappa shape index (κ3) is 32.8. The molecule has 0 saturated carbocycles. The second-order valence-corrected chi connectivity index (χ2v) is 61.1. The highest BCUT2D eigenvalue weighted by atomic mass is 33.1. The van der Waals surface area contributed by atoms with E-state index in [1.807, 2.05) is 24.3 Å². The molecule has 0 aliphatic carbocycles. The summed E-state index contributed by atoms with van der Waals surface area (Å²) in [7, 11) is 8.90. The third-order valence-electron chi connectivity index (χ3n) is 26.5. The molecule has 0 radical (unpaired) electrons. The number of hydrogen-bond acceptors (Lipinski definition) is 18. The van der Waals surface area contributed by atoms with Gasteiger partial charge in [0, 0.05) is 128 Å². The summed E-state index contributed by atoms with van der Waals surface area (Å²) in [4.78, 5) is 0. The number of rotatable bonds is 48. The fraction of sp³-hybridized carbons (Fsp3) is 0.760. The van der Waals surface area contributed by atoms with E-state index < -0.39 is 0 Å². The van der Waals surface area contributed by atoms with Crippen molar-refractivity contribution >= 4 is 161 Å².